The Labute approximate surface area is 50.6 Å². The molecule has 0 amide bonds. The molecule has 1 saturated carbocycles. The van der Waals surface area contributed by atoms with Gasteiger partial charge in [-0.05, 0) is 18.8 Å². The lowest BCUT2D eigenvalue weighted by atomic mass is 9.81. The van der Waals surface area contributed by atoms with Crippen LogP contribution in [-0.4, -0.2) is 6.54 Å². The van der Waals surface area contributed by atoms with Gasteiger partial charge in [-0.2, -0.15) is 0 Å². The van der Waals surface area contributed by atoms with Gasteiger partial charge in [0.1, 0.15) is 0 Å². The van der Waals surface area contributed by atoms with Crippen LogP contribution in [0.4, 0.5) is 0 Å². The van der Waals surface area contributed by atoms with Crippen molar-refractivity contribution < 1.29 is 0 Å². The van der Waals surface area contributed by atoms with Crippen LogP contribution in [0.2, 0.25) is 0 Å². The molecule has 1 fully saturated rings. The highest BCUT2D eigenvalue weighted by Gasteiger charge is 2.16. The summed E-state index contributed by atoms with van der Waals surface area (Å²) in [7, 11) is 0. The topological polar surface area (TPSA) is 26.0 Å². The van der Waals surface area contributed by atoms with E-state index in [1.165, 1.54) is 12.8 Å². The second-order valence-electron chi connectivity index (χ2n) is 2.61. The van der Waals surface area contributed by atoms with E-state index in [1.807, 2.05) is 0 Å². The highest BCUT2D eigenvalue weighted by Crippen LogP contribution is 2.31. The van der Waals surface area contributed by atoms with E-state index in [1.54, 1.807) is 5.57 Å². The number of allylic oxidation sites excluding steroid dienone is 1. The Morgan fingerprint density at radius 2 is 2.38 bits per heavy atom. The molecule has 1 aliphatic carbocycles. The molecule has 0 aromatic carbocycles. The second-order valence-corrected chi connectivity index (χ2v) is 2.61. The standard InChI is InChI=1S/C7H13N/c1-6-4-7(5-6)2-3-8/h2,6H,3-5,8H2,1H3. The van der Waals surface area contributed by atoms with Crippen molar-refractivity contribution >= 4 is 0 Å². The summed E-state index contributed by atoms with van der Waals surface area (Å²) in [5.74, 6) is 0.924. The predicted molar refractivity (Wildman–Crippen MR) is 35.5 cm³/mol. The van der Waals surface area contributed by atoms with Gasteiger partial charge in [-0.15, -0.1) is 0 Å². The number of hydrogen-bond donors (Lipinski definition) is 1. The molecule has 1 aliphatic rings. The molecule has 1 heteroatoms. The zero-order chi connectivity index (χ0) is 5.98. The maximum atomic E-state index is 5.31. The number of hydrogen-bond acceptors (Lipinski definition) is 1. The van der Waals surface area contributed by atoms with Crippen LogP contribution in [0.25, 0.3) is 0 Å². The summed E-state index contributed by atoms with van der Waals surface area (Å²) < 4.78 is 0. The van der Waals surface area contributed by atoms with Crippen molar-refractivity contribution in [2.45, 2.75) is 19.8 Å². The Kier molecular flexibility index (Phi) is 1.69. The van der Waals surface area contributed by atoms with Gasteiger partial charge in [-0.25, -0.2) is 0 Å². The average molecular weight is 111 g/mol. The molecule has 1 nitrogen and oxygen atoms in total. The van der Waals surface area contributed by atoms with Gasteiger partial charge >= 0.3 is 0 Å². The Morgan fingerprint density at radius 3 is 2.75 bits per heavy atom. The molecular formula is C7H13N. The van der Waals surface area contributed by atoms with Crippen molar-refractivity contribution in [1.29, 1.82) is 0 Å². The number of rotatable bonds is 1. The molecule has 0 bridgehead atoms. The van der Waals surface area contributed by atoms with Crippen LogP contribution in [0.5, 0.6) is 0 Å². The van der Waals surface area contributed by atoms with Crippen molar-refractivity contribution in [3.63, 3.8) is 0 Å². The van der Waals surface area contributed by atoms with Gasteiger partial charge in [0.05, 0.1) is 0 Å². The van der Waals surface area contributed by atoms with Gasteiger partial charge in [0.25, 0.3) is 0 Å². The minimum absolute atomic E-state index is 0.724. The third-order valence-electron chi connectivity index (χ3n) is 1.63. The summed E-state index contributed by atoms with van der Waals surface area (Å²) in [5, 5.41) is 0. The van der Waals surface area contributed by atoms with Gasteiger partial charge in [0, 0.05) is 6.54 Å². The van der Waals surface area contributed by atoms with Crippen molar-refractivity contribution in [2.75, 3.05) is 6.54 Å². The molecule has 0 unspecified atom stereocenters. The first-order chi connectivity index (χ1) is 3.83. The minimum atomic E-state index is 0.724. The first kappa shape index (κ1) is 5.83. The molecular weight excluding hydrogens is 98.1 g/mol. The van der Waals surface area contributed by atoms with Gasteiger partial charge in [-0.1, -0.05) is 18.6 Å². The highest BCUT2D eigenvalue weighted by molar-refractivity contribution is 5.12. The minimum Gasteiger partial charge on any atom is -0.327 e. The molecule has 2 N–H and O–H groups in total. The molecule has 46 valence electrons. The van der Waals surface area contributed by atoms with E-state index >= 15 is 0 Å². The molecule has 8 heavy (non-hydrogen) atoms. The van der Waals surface area contributed by atoms with Crippen LogP contribution in [0.1, 0.15) is 19.8 Å². The lowest BCUT2D eigenvalue weighted by molar-refractivity contribution is 0.459. The smallest absolute Gasteiger partial charge is 0.0109 e. The van der Waals surface area contributed by atoms with E-state index in [4.69, 9.17) is 5.73 Å². The lowest BCUT2D eigenvalue weighted by Crippen LogP contribution is -2.11. The van der Waals surface area contributed by atoms with Crippen LogP contribution in [0.3, 0.4) is 0 Å². The quantitative estimate of drug-likeness (QED) is 0.507. The maximum Gasteiger partial charge on any atom is 0.0109 e. The summed E-state index contributed by atoms with van der Waals surface area (Å²) in [6, 6.07) is 0. The van der Waals surface area contributed by atoms with Gasteiger partial charge in [0.15, 0.2) is 0 Å². The zero-order valence-electron chi connectivity index (χ0n) is 5.35. The average Bonchev–Trinajstić information content (AvgIpc) is 1.64. The second kappa shape index (κ2) is 2.31. The Hall–Kier alpha value is -0.300. The summed E-state index contributed by atoms with van der Waals surface area (Å²) in [4.78, 5) is 0. The predicted octanol–water partition coefficient (Wildman–Crippen LogP) is 1.30. The first-order valence-electron chi connectivity index (χ1n) is 3.21. The Bertz CT molecular complexity index is 97.0. The van der Waals surface area contributed by atoms with Crippen LogP contribution in [-0.2, 0) is 0 Å². The molecule has 1 rings (SSSR count). The molecule has 0 heterocycles. The van der Waals surface area contributed by atoms with Gasteiger partial charge < -0.3 is 5.73 Å². The third kappa shape index (κ3) is 1.10. The Balaban J connectivity index is 2.23. The first-order valence-corrected chi connectivity index (χ1v) is 3.21. The van der Waals surface area contributed by atoms with Crippen LogP contribution >= 0.6 is 0 Å². The fourth-order valence-electron chi connectivity index (χ4n) is 1.17. The van der Waals surface area contributed by atoms with Crippen molar-refractivity contribution in [3.8, 4) is 0 Å². The molecule has 0 aliphatic heterocycles. The summed E-state index contributed by atoms with van der Waals surface area (Å²) >= 11 is 0. The zero-order valence-corrected chi connectivity index (χ0v) is 5.35. The SMILES string of the molecule is CC1CC(=CCN)C1. The van der Waals surface area contributed by atoms with Crippen LogP contribution in [0.15, 0.2) is 11.6 Å². The lowest BCUT2D eigenvalue weighted by Gasteiger charge is -2.24. The van der Waals surface area contributed by atoms with E-state index in [9.17, 15) is 0 Å². The summed E-state index contributed by atoms with van der Waals surface area (Å²) in [6.07, 6.45) is 4.72. The maximum absolute atomic E-state index is 5.31. The van der Waals surface area contributed by atoms with E-state index in [0.717, 1.165) is 12.5 Å². The third-order valence-corrected chi connectivity index (χ3v) is 1.63. The molecule has 0 aromatic heterocycles. The monoisotopic (exact) mass is 111 g/mol. The van der Waals surface area contributed by atoms with E-state index in [0.29, 0.717) is 0 Å². The summed E-state index contributed by atoms with van der Waals surface area (Å²) in [5.41, 5.74) is 6.86. The van der Waals surface area contributed by atoms with E-state index in [2.05, 4.69) is 13.0 Å². The fraction of sp³-hybridized carbons (Fsp3) is 0.714. The van der Waals surface area contributed by atoms with Crippen LogP contribution < -0.4 is 5.73 Å². The highest BCUT2D eigenvalue weighted by atomic mass is 14.5. The fourth-order valence-corrected chi connectivity index (χ4v) is 1.17. The molecule has 0 saturated heterocycles. The molecule has 0 spiro atoms. The van der Waals surface area contributed by atoms with Crippen molar-refractivity contribution in [2.24, 2.45) is 11.7 Å². The van der Waals surface area contributed by atoms with Gasteiger partial charge in [0.2, 0.25) is 0 Å². The van der Waals surface area contributed by atoms with Crippen molar-refractivity contribution in [1.82, 2.24) is 0 Å². The number of nitrogens with two attached hydrogens (primary N) is 1. The summed E-state index contributed by atoms with van der Waals surface area (Å²) in [6.45, 7) is 3.00. The molecule has 0 aromatic rings. The molecule has 0 atom stereocenters. The van der Waals surface area contributed by atoms with E-state index in [-0.39, 0.29) is 0 Å². The van der Waals surface area contributed by atoms with Gasteiger partial charge in [-0.3, -0.25) is 0 Å². The van der Waals surface area contributed by atoms with Crippen molar-refractivity contribution in [3.05, 3.63) is 11.6 Å². The molecule has 0 radical (unpaired) electrons. The largest absolute Gasteiger partial charge is 0.327 e. The normalized spacial score (nSPS) is 27.2. The van der Waals surface area contributed by atoms with E-state index < -0.39 is 0 Å². The van der Waals surface area contributed by atoms with Crippen LogP contribution in [0, 0.1) is 5.92 Å². The Morgan fingerprint density at radius 1 is 1.75 bits per heavy atom.